The second-order valence-corrected chi connectivity index (χ2v) is 8.90. The van der Waals surface area contributed by atoms with Crippen LogP contribution < -0.4 is 5.32 Å². The first-order valence-electron chi connectivity index (χ1n) is 13.8. The molecule has 3 unspecified atom stereocenters. The molecule has 1 saturated heterocycles. The van der Waals surface area contributed by atoms with Crippen LogP contribution in [-0.2, 0) is 11.2 Å². The second kappa shape index (κ2) is 16.6. The Morgan fingerprint density at radius 1 is 1.19 bits per heavy atom. The summed E-state index contributed by atoms with van der Waals surface area (Å²) in [4.78, 5) is 6.34. The summed E-state index contributed by atoms with van der Waals surface area (Å²) in [6.07, 6.45) is 15.0. The third kappa shape index (κ3) is 9.08. The predicted octanol–water partition coefficient (Wildman–Crippen LogP) is 8.13. The molecule has 5 nitrogen and oxygen atoms in total. The number of hydrogen-bond donors (Lipinski definition) is 2. The molecule has 5 heteroatoms. The lowest BCUT2D eigenvalue weighted by Crippen LogP contribution is -2.51. The first-order chi connectivity index (χ1) is 17.8. The van der Waals surface area contributed by atoms with Crippen LogP contribution in [0.1, 0.15) is 80.2 Å². The number of hydrogen-bond acceptors (Lipinski definition) is 5. The Hall–Kier alpha value is -3.05. The SMILES string of the molecule is C=C(/C=C\C1=C(C)O/C(=C(O)/C=C\C)C(=C)N1C1CC(C)NC(CC)C1)Cc1ccncc1.CC.CC. The Balaban J connectivity index is 0.00000163. The van der Waals surface area contributed by atoms with Gasteiger partial charge in [-0.05, 0) is 76.3 Å². The van der Waals surface area contributed by atoms with E-state index in [0.717, 1.165) is 42.7 Å². The summed E-state index contributed by atoms with van der Waals surface area (Å²) >= 11 is 0. The average Bonchev–Trinajstić information content (AvgIpc) is 2.91. The van der Waals surface area contributed by atoms with Gasteiger partial charge in [0.1, 0.15) is 5.76 Å². The summed E-state index contributed by atoms with van der Waals surface area (Å²) in [6, 6.07) is 5.10. The van der Waals surface area contributed by atoms with E-state index in [-0.39, 0.29) is 11.8 Å². The van der Waals surface area contributed by atoms with Gasteiger partial charge in [-0.3, -0.25) is 4.98 Å². The van der Waals surface area contributed by atoms with E-state index in [1.54, 1.807) is 24.5 Å². The van der Waals surface area contributed by atoms with Crippen LogP contribution in [0.15, 0.2) is 96.2 Å². The summed E-state index contributed by atoms with van der Waals surface area (Å²) in [5.41, 5.74) is 3.81. The number of aliphatic hydroxyl groups is 1. The number of allylic oxidation sites excluding steroid dienone is 6. The monoisotopic (exact) mass is 507 g/mol. The number of aromatic nitrogens is 1. The number of aliphatic hydroxyl groups excluding tert-OH is 1. The fraction of sp³-hybridized carbons (Fsp3) is 0.469. The van der Waals surface area contributed by atoms with Gasteiger partial charge in [0, 0.05) is 30.5 Å². The molecule has 0 aromatic carbocycles. The molecule has 2 aliphatic rings. The van der Waals surface area contributed by atoms with Gasteiger partial charge in [0.2, 0.25) is 0 Å². The number of pyridine rings is 1. The van der Waals surface area contributed by atoms with Gasteiger partial charge in [0.05, 0.1) is 11.4 Å². The molecule has 1 fully saturated rings. The Labute approximate surface area is 226 Å². The Morgan fingerprint density at radius 3 is 2.43 bits per heavy atom. The zero-order chi connectivity index (χ0) is 28.0. The topological polar surface area (TPSA) is 57.6 Å². The molecule has 2 N–H and O–H groups in total. The van der Waals surface area contributed by atoms with Gasteiger partial charge in [0.25, 0.3) is 0 Å². The van der Waals surface area contributed by atoms with Crippen LogP contribution in [0, 0.1) is 0 Å². The fourth-order valence-corrected chi connectivity index (χ4v) is 4.62. The third-order valence-corrected chi connectivity index (χ3v) is 6.20. The standard InChI is InChI=1S/C28H37N3O2.2C2H6/c1-7-9-27(32)28-21(5)31(25-17-20(4)30-24(8-2)18-25)26(22(6)33-28)11-10-19(3)16-23-12-14-29-15-13-23;2*1-2/h7,9-15,20,24-25,30,32H,3,5,8,16-18H2,1-2,4,6H3;2*1-2H3/b9-7-,11-10-,28-27-;;. The van der Waals surface area contributed by atoms with E-state index in [2.05, 4.69) is 48.3 Å². The summed E-state index contributed by atoms with van der Waals surface area (Å²) in [7, 11) is 0. The van der Waals surface area contributed by atoms with E-state index < -0.39 is 0 Å². The smallest absolute Gasteiger partial charge is 0.191 e. The molecule has 0 spiro atoms. The van der Waals surface area contributed by atoms with Gasteiger partial charge in [0.15, 0.2) is 11.5 Å². The van der Waals surface area contributed by atoms with E-state index in [1.165, 1.54) is 5.56 Å². The molecule has 3 rings (SSSR count). The summed E-state index contributed by atoms with van der Waals surface area (Å²) < 4.78 is 6.09. The average molecular weight is 508 g/mol. The van der Waals surface area contributed by atoms with Gasteiger partial charge in [-0.2, -0.15) is 0 Å². The minimum Gasteiger partial charge on any atom is -0.504 e. The van der Waals surface area contributed by atoms with Gasteiger partial charge in [-0.15, -0.1) is 0 Å². The van der Waals surface area contributed by atoms with Crippen LogP contribution in [0.25, 0.3) is 0 Å². The lowest BCUT2D eigenvalue weighted by Gasteiger charge is -2.45. The zero-order valence-corrected chi connectivity index (χ0v) is 24.3. The molecule has 0 amide bonds. The normalized spacial score (nSPS) is 23.2. The quantitative estimate of drug-likeness (QED) is 0.288. The number of nitrogens with one attached hydrogen (secondary N) is 1. The zero-order valence-electron chi connectivity index (χ0n) is 24.3. The maximum Gasteiger partial charge on any atom is 0.191 e. The van der Waals surface area contributed by atoms with E-state index in [1.807, 2.05) is 59.8 Å². The van der Waals surface area contributed by atoms with Crippen molar-refractivity contribution in [1.29, 1.82) is 0 Å². The minimum atomic E-state index is 0.0889. The lowest BCUT2D eigenvalue weighted by molar-refractivity contribution is 0.148. The van der Waals surface area contributed by atoms with Crippen molar-refractivity contribution < 1.29 is 9.84 Å². The summed E-state index contributed by atoms with van der Waals surface area (Å²) in [5, 5.41) is 14.3. The number of piperidine rings is 1. The van der Waals surface area contributed by atoms with Crippen LogP contribution in [0.2, 0.25) is 0 Å². The number of nitrogens with zero attached hydrogens (tertiary/aromatic N) is 2. The maximum absolute atomic E-state index is 10.6. The first-order valence-corrected chi connectivity index (χ1v) is 13.8. The summed E-state index contributed by atoms with van der Waals surface area (Å²) in [5.74, 6) is 1.24. The van der Waals surface area contributed by atoms with Crippen molar-refractivity contribution in [3.63, 3.8) is 0 Å². The van der Waals surface area contributed by atoms with Gasteiger partial charge in [-0.1, -0.05) is 65.5 Å². The Morgan fingerprint density at radius 2 is 1.84 bits per heavy atom. The van der Waals surface area contributed by atoms with Gasteiger partial charge in [-0.25, -0.2) is 0 Å². The van der Waals surface area contributed by atoms with Crippen LogP contribution in [0.3, 0.4) is 0 Å². The molecule has 0 radical (unpaired) electrons. The van der Waals surface area contributed by atoms with Crippen molar-refractivity contribution in [2.75, 3.05) is 0 Å². The first kappa shape index (κ1) is 32.0. The highest BCUT2D eigenvalue weighted by Gasteiger charge is 2.36. The fourth-order valence-electron chi connectivity index (χ4n) is 4.62. The summed E-state index contributed by atoms with van der Waals surface area (Å²) in [6.45, 7) is 24.8. The number of rotatable bonds is 7. The molecule has 1 aromatic heterocycles. The van der Waals surface area contributed by atoms with Gasteiger partial charge >= 0.3 is 0 Å². The molecule has 0 aliphatic carbocycles. The predicted molar refractivity (Wildman–Crippen MR) is 158 cm³/mol. The molecular weight excluding hydrogens is 458 g/mol. The lowest BCUT2D eigenvalue weighted by atomic mass is 9.90. The van der Waals surface area contributed by atoms with Crippen molar-refractivity contribution in [2.24, 2.45) is 0 Å². The van der Waals surface area contributed by atoms with Gasteiger partial charge < -0.3 is 20.1 Å². The minimum absolute atomic E-state index is 0.0889. The Bertz CT molecular complexity index is 989. The van der Waals surface area contributed by atoms with Crippen LogP contribution >= 0.6 is 0 Å². The number of ether oxygens (including phenoxy) is 1. The molecular formula is C32H49N3O2. The largest absolute Gasteiger partial charge is 0.504 e. The highest BCUT2D eigenvalue weighted by molar-refractivity contribution is 5.42. The van der Waals surface area contributed by atoms with Crippen molar-refractivity contribution in [2.45, 2.75) is 99.2 Å². The molecule has 37 heavy (non-hydrogen) atoms. The van der Waals surface area contributed by atoms with Crippen LogP contribution in [0.4, 0.5) is 0 Å². The van der Waals surface area contributed by atoms with Crippen molar-refractivity contribution in [3.8, 4) is 0 Å². The Kier molecular flexibility index (Phi) is 14.4. The van der Waals surface area contributed by atoms with Crippen LogP contribution in [0.5, 0.6) is 0 Å². The highest BCUT2D eigenvalue weighted by Crippen LogP contribution is 2.38. The van der Waals surface area contributed by atoms with E-state index in [4.69, 9.17) is 4.74 Å². The molecule has 0 saturated carbocycles. The van der Waals surface area contributed by atoms with Crippen LogP contribution in [-0.4, -0.2) is 33.1 Å². The maximum atomic E-state index is 10.6. The van der Waals surface area contributed by atoms with E-state index >= 15 is 0 Å². The second-order valence-electron chi connectivity index (χ2n) is 8.90. The molecule has 2 aliphatic heterocycles. The molecule has 3 heterocycles. The molecule has 204 valence electrons. The van der Waals surface area contributed by atoms with Crippen molar-refractivity contribution in [1.82, 2.24) is 15.2 Å². The molecule has 1 aromatic rings. The highest BCUT2D eigenvalue weighted by atomic mass is 16.5. The van der Waals surface area contributed by atoms with E-state index in [0.29, 0.717) is 23.5 Å². The van der Waals surface area contributed by atoms with Crippen molar-refractivity contribution >= 4 is 0 Å². The molecule has 3 atom stereocenters. The van der Waals surface area contributed by atoms with E-state index in [9.17, 15) is 5.11 Å². The third-order valence-electron chi connectivity index (χ3n) is 6.20. The van der Waals surface area contributed by atoms with Crippen molar-refractivity contribution in [3.05, 3.63) is 102 Å². The molecule has 0 bridgehead atoms.